The van der Waals surface area contributed by atoms with Crippen LogP contribution in [0.25, 0.3) is 10.8 Å². The zero-order chi connectivity index (χ0) is 29.6. The van der Waals surface area contributed by atoms with Crippen LogP contribution in [0, 0.1) is 0 Å². The van der Waals surface area contributed by atoms with E-state index in [-0.39, 0.29) is 22.6 Å². The van der Waals surface area contributed by atoms with Crippen LogP contribution in [-0.4, -0.2) is 34.0 Å². The largest absolute Gasteiger partial charge is 0.478 e. The molecule has 0 radical (unpaired) electrons. The van der Waals surface area contributed by atoms with Crippen LogP contribution in [-0.2, 0) is 4.79 Å². The molecule has 0 aromatic heterocycles. The van der Waals surface area contributed by atoms with Gasteiger partial charge in [-0.25, -0.2) is 9.59 Å². The number of hydrogen-bond acceptors (Lipinski definition) is 5. The molecule has 8 nitrogen and oxygen atoms in total. The van der Waals surface area contributed by atoms with Gasteiger partial charge in [0.15, 0.2) is 0 Å². The van der Waals surface area contributed by atoms with E-state index in [1.165, 1.54) is 30.0 Å². The zero-order valence-corrected chi connectivity index (χ0v) is 22.8. The molecular formula is C33H24N2O6S. The van der Waals surface area contributed by atoms with Crippen molar-refractivity contribution in [2.75, 3.05) is 10.6 Å². The Morgan fingerprint density at radius 1 is 0.619 bits per heavy atom. The minimum atomic E-state index is -1.12. The number of thioether (sulfide) groups is 1. The Labute approximate surface area is 245 Å². The SMILES string of the molecule is O=C(O)c1cccc(NC(=O)C(Sc2ccc(NC(=O)c3cccc4cccc(C(=O)O)c34)cc2)c2ccccc2)c1. The number of aromatic carboxylic acids is 2. The van der Waals surface area contributed by atoms with Gasteiger partial charge in [-0.3, -0.25) is 9.59 Å². The maximum atomic E-state index is 13.4. The van der Waals surface area contributed by atoms with Gasteiger partial charge in [-0.1, -0.05) is 60.7 Å². The van der Waals surface area contributed by atoms with Gasteiger partial charge in [-0.15, -0.1) is 11.8 Å². The summed E-state index contributed by atoms with van der Waals surface area (Å²) in [7, 11) is 0. The highest BCUT2D eigenvalue weighted by atomic mass is 32.2. The average Bonchev–Trinajstić information content (AvgIpc) is 3.00. The van der Waals surface area contributed by atoms with Crippen molar-refractivity contribution in [3.63, 3.8) is 0 Å². The Bertz CT molecular complexity index is 1800. The predicted molar refractivity (Wildman–Crippen MR) is 162 cm³/mol. The molecule has 0 aliphatic rings. The Balaban J connectivity index is 1.35. The lowest BCUT2D eigenvalue weighted by Gasteiger charge is -2.18. The van der Waals surface area contributed by atoms with Crippen LogP contribution in [0.2, 0.25) is 0 Å². The van der Waals surface area contributed by atoms with Crippen LogP contribution < -0.4 is 10.6 Å². The summed E-state index contributed by atoms with van der Waals surface area (Å²) in [6, 6.07) is 32.1. The molecule has 5 aromatic rings. The van der Waals surface area contributed by atoms with Crippen LogP contribution in [0.3, 0.4) is 0 Å². The van der Waals surface area contributed by atoms with Crippen molar-refractivity contribution in [2.45, 2.75) is 10.1 Å². The second-order valence-electron chi connectivity index (χ2n) is 9.28. The van der Waals surface area contributed by atoms with Crippen molar-refractivity contribution in [3.8, 4) is 0 Å². The summed E-state index contributed by atoms with van der Waals surface area (Å²) in [6.07, 6.45) is 0. The van der Waals surface area contributed by atoms with Crippen LogP contribution in [0.1, 0.15) is 41.9 Å². The Morgan fingerprint density at radius 2 is 1.29 bits per heavy atom. The minimum Gasteiger partial charge on any atom is -0.478 e. The van der Waals surface area contributed by atoms with Gasteiger partial charge >= 0.3 is 11.9 Å². The van der Waals surface area contributed by atoms with Crippen LogP contribution in [0.5, 0.6) is 0 Å². The fraction of sp³-hybridized carbons (Fsp3) is 0.0303. The van der Waals surface area contributed by atoms with Crippen molar-refractivity contribution < 1.29 is 29.4 Å². The molecule has 5 rings (SSSR count). The maximum Gasteiger partial charge on any atom is 0.336 e. The highest BCUT2D eigenvalue weighted by molar-refractivity contribution is 8.00. The lowest BCUT2D eigenvalue weighted by molar-refractivity contribution is -0.115. The standard InChI is InChI=1S/C33H24N2O6S/c36-30(26-13-5-9-20-10-6-14-27(28(20)26)33(40)41)34-23-15-17-25(18-16-23)42-29(21-7-2-1-3-8-21)31(37)35-24-12-4-11-22(19-24)32(38)39/h1-19,29H,(H,34,36)(H,35,37)(H,38,39)(H,40,41). The summed E-state index contributed by atoms with van der Waals surface area (Å²) in [4.78, 5) is 50.4. The first-order valence-corrected chi connectivity index (χ1v) is 13.7. The van der Waals surface area contributed by atoms with Crippen LogP contribution >= 0.6 is 11.8 Å². The molecule has 0 saturated heterocycles. The molecule has 4 N–H and O–H groups in total. The first-order chi connectivity index (χ1) is 20.3. The summed E-state index contributed by atoms with van der Waals surface area (Å²) >= 11 is 1.30. The third kappa shape index (κ3) is 6.32. The van der Waals surface area contributed by atoms with Gasteiger partial charge in [0, 0.05) is 27.2 Å². The van der Waals surface area contributed by atoms with Gasteiger partial charge in [0.2, 0.25) is 5.91 Å². The first-order valence-electron chi connectivity index (χ1n) is 12.8. The van der Waals surface area contributed by atoms with Crippen molar-refractivity contribution >= 4 is 57.7 Å². The average molecular weight is 577 g/mol. The minimum absolute atomic E-state index is 0.0462. The number of fused-ring (bicyclic) bond motifs is 1. The maximum absolute atomic E-state index is 13.4. The van der Waals surface area contributed by atoms with Crippen LogP contribution in [0.4, 0.5) is 11.4 Å². The molecule has 0 aliphatic heterocycles. The second-order valence-corrected chi connectivity index (χ2v) is 10.5. The van der Waals surface area contributed by atoms with E-state index in [2.05, 4.69) is 10.6 Å². The summed E-state index contributed by atoms with van der Waals surface area (Å²) < 4.78 is 0. The lowest BCUT2D eigenvalue weighted by atomic mass is 9.98. The highest BCUT2D eigenvalue weighted by Gasteiger charge is 2.23. The predicted octanol–water partition coefficient (Wildman–Crippen LogP) is 6.96. The quantitative estimate of drug-likeness (QED) is 0.139. The van der Waals surface area contributed by atoms with Gasteiger partial charge in [-0.2, -0.15) is 0 Å². The number of anilines is 2. The molecular weight excluding hydrogens is 552 g/mol. The molecule has 42 heavy (non-hydrogen) atoms. The van der Waals surface area contributed by atoms with Crippen molar-refractivity contribution in [3.05, 3.63) is 138 Å². The van der Waals surface area contributed by atoms with E-state index in [1.54, 1.807) is 66.7 Å². The topological polar surface area (TPSA) is 133 Å². The summed E-state index contributed by atoms with van der Waals surface area (Å²) in [5, 5.41) is 24.9. The molecule has 1 atom stereocenters. The van der Waals surface area contributed by atoms with Crippen LogP contribution in [0.15, 0.2) is 120 Å². The van der Waals surface area contributed by atoms with E-state index in [1.807, 2.05) is 30.3 Å². The fourth-order valence-electron chi connectivity index (χ4n) is 4.50. The lowest BCUT2D eigenvalue weighted by Crippen LogP contribution is -2.19. The molecule has 2 amide bonds. The number of carbonyl (C=O) groups is 4. The van der Waals surface area contributed by atoms with E-state index < -0.39 is 23.1 Å². The van der Waals surface area contributed by atoms with Crippen molar-refractivity contribution in [1.82, 2.24) is 0 Å². The van der Waals surface area contributed by atoms with E-state index >= 15 is 0 Å². The summed E-state index contributed by atoms with van der Waals surface area (Å²) in [5.74, 6) is -2.97. The Morgan fingerprint density at radius 3 is 1.95 bits per heavy atom. The second kappa shape index (κ2) is 12.4. The number of hydrogen-bond donors (Lipinski definition) is 4. The normalized spacial score (nSPS) is 11.4. The third-order valence-electron chi connectivity index (χ3n) is 6.46. The van der Waals surface area contributed by atoms with E-state index in [9.17, 15) is 29.4 Å². The smallest absolute Gasteiger partial charge is 0.336 e. The number of rotatable bonds is 9. The van der Waals surface area contributed by atoms with E-state index in [0.717, 1.165) is 10.5 Å². The molecule has 0 fully saturated rings. The fourth-order valence-corrected chi connectivity index (χ4v) is 5.52. The number of nitrogens with one attached hydrogen (secondary N) is 2. The summed E-state index contributed by atoms with van der Waals surface area (Å²) in [6.45, 7) is 0. The molecule has 9 heteroatoms. The van der Waals surface area contributed by atoms with Crippen molar-refractivity contribution in [1.29, 1.82) is 0 Å². The molecule has 0 heterocycles. The molecule has 0 saturated carbocycles. The molecule has 1 unspecified atom stereocenters. The third-order valence-corrected chi connectivity index (χ3v) is 7.73. The first kappa shape index (κ1) is 28.1. The monoisotopic (exact) mass is 576 g/mol. The van der Waals surface area contributed by atoms with Crippen molar-refractivity contribution in [2.24, 2.45) is 0 Å². The number of carbonyl (C=O) groups excluding carboxylic acids is 2. The zero-order valence-electron chi connectivity index (χ0n) is 22.0. The van der Waals surface area contributed by atoms with Gasteiger partial charge in [0.25, 0.3) is 5.91 Å². The van der Waals surface area contributed by atoms with E-state index in [0.29, 0.717) is 22.1 Å². The number of carboxylic acid groups (broad SMARTS) is 2. The molecule has 5 aromatic carbocycles. The molecule has 208 valence electrons. The van der Waals surface area contributed by atoms with Gasteiger partial charge in [-0.05, 0) is 65.5 Å². The van der Waals surface area contributed by atoms with Gasteiger partial charge < -0.3 is 20.8 Å². The number of carboxylic acids is 2. The number of amides is 2. The molecule has 0 bridgehead atoms. The Kier molecular flexibility index (Phi) is 8.31. The Hall–Kier alpha value is -5.41. The number of benzene rings is 5. The van der Waals surface area contributed by atoms with E-state index in [4.69, 9.17) is 0 Å². The summed E-state index contributed by atoms with van der Waals surface area (Å²) in [5.41, 5.74) is 2.00. The highest BCUT2D eigenvalue weighted by Crippen LogP contribution is 2.37. The van der Waals surface area contributed by atoms with Gasteiger partial charge in [0.05, 0.1) is 11.1 Å². The molecule has 0 spiro atoms. The molecule has 0 aliphatic carbocycles. The van der Waals surface area contributed by atoms with Gasteiger partial charge in [0.1, 0.15) is 5.25 Å².